The van der Waals surface area contributed by atoms with E-state index in [-0.39, 0.29) is 29.0 Å². The molecule has 0 saturated heterocycles. The largest absolute Gasteiger partial charge is 0.470 e. The van der Waals surface area contributed by atoms with Crippen molar-refractivity contribution in [2.45, 2.75) is 18.4 Å². The van der Waals surface area contributed by atoms with Gasteiger partial charge in [0.2, 0.25) is 5.82 Å². The van der Waals surface area contributed by atoms with Gasteiger partial charge in [0.1, 0.15) is 12.4 Å². The summed E-state index contributed by atoms with van der Waals surface area (Å²) >= 11 is 0. The maximum absolute atomic E-state index is 13.3. The lowest BCUT2D eigenvalue weighted by atomic mass is 10.1. The SMILES string of the molecule is Cc1ccc(S(=O)(=O)Nc2ncc(-c3ccc(F)cc3)nc2OCc2cccnc2)cc1. The number of aryl methyl sites for hydroxylation is 1. The summed E-state index contributed by atoms with van der Waals surface area (Å²) in [5.41, 5.74) is 2.73. The molecule has 2 aromatic heterocycles. The minimum atomic E-state index is -3.91. The Balaban J connectivity index is 1.68. The van der Waals surface area contributed by atoms with Crippen LogP contribution >= 0.6 is 0 Å². The van der Waals surface area contributed by atoms with Crippen LogP contribution in [0.25, 0.3) is 11.3 Å². The molecule has 0 amide bonds. The highest BCUT2D eigenvalue weighted by molar-refractivity contribution is 7.92. The predicted molar refractivity (Wildman–Crippen MR) is 118 cm³/mol. The van der Waals surface area contributed by atoms with E-state index in [9.17, 15) is 12.8 Å². The van der Waals surface area contributed by atoms with E-state index >= 15 is 0 Å². The standard InChI is InChI=1S/C23H19FN4O3S/c1-16-4-10-20(11-5-16)32(29,30)28-22-23(31-15-17-3-2-12-25-13-17)27-21(14-26-22)18-6-8-19(24)9-7-18/h2-14H,15H2,1H3,(H,26,28). The van der Waals surface area contributed by atoms with Crippen LogP contribution in [-0.2, 0) is 16.6 Å². The number of hydrogen-bond acceptors (Lipinski definition) is 6. The first-order chi connectivity index (χ1) is 15.4. The molecule has 0 aliphatic rings. The Bertz CT molecular complexity index is 1310. The van der Waals surface area contributed by atoms with Gasteiger partial charge in [-0.3, -0.25) is 9.71 Å². The second kappa shape index (κ2) is 9.11. The molecule has 1 N–H and O–H groups in total. The van der Waals surface area contributed by atoms with Crippen LogP contribution in [0.2, 0.25) is 0 Å². The lowest BCUT2D eigenvalue weighted by molar-refractivity contribution is 0.294. The minimum absolute atomic E-state index is 0.00800. The lowest BCUT2D eigenvalue weighted by Crippen LogP contribution is -2.15. The van der Waals surface area contributed by atoms with Crippen LogP contribution in [0.3, 0.4) is 0 Å². The summed E-state index contributed by atoms with van der Waals surface area (Å²) in [6, 6.07) is 15.7. The van der Waals surface area contributed by atoms with E-state index in [2.05, 4.69) is 19.7 Å². The van der Waals surface area contributed by atoms with Crippen molar-refractivity contribution in [1.82, 2.24) is 15.0 Å². The van der Waals surface area contributed by atoms with Crippen molar-refractivity contribution in [3.8, 4) is 17.1 Å². The molecule has 0 unspecified atom stereocenters. The Morgan fingerprint density at radius 3 is 2.44 bits per heavy atom. The van der Waals surface area contributed by atoms with Gasteiger partial charge < -0.3 is 4.74 Å². The van der Waals surface area contributed by atoms with Crippen LogP contribution in [0.5, 0.6) is 5.88 Å². The average Bonchev–Trinajstić information content (AvgIpc) is 2.80. The summed E-state index contributed by atoms with van der Waals surface area (Å²) in [4.78, 5) is 12.8. The highest BCUT2D eigenvalue weighted by Gasteiger charge is 2.19. The Kier molecular flexibility index (Phi) is 6.09. The third-order valence-electron chi connectivity index (χ3n) is 4.54. The number of hydrogen-bond donors (Lipinski definition) is 1. The van der Waals surface area contributed by atoms with Crippen LogP contribution in [-0.4, -0.2) is 23.4 Å². The highest BCUT2D eigenvalue weighted by atomic mass is 32.2. The van der Waals surface area contributed by atoms with E-state index in [0.29, 0.717) is 11.3 Å². The molecule has 162 valence electrons. The number of nitrogens with one attached hydrogen (secondary N) is 1. The van der Waals surface area contributed by atoms with E-state index in [0.717, 1.165) is 11.1 Å². The number of aromatic nitrogens is 3. The van der Waals surface area contributed by atoms with E-state index in [1.54, 1.807) is 42.7 Å². The molecule has 4 aromatic rings. The topological polar surface area (TPSA) is 94.1 Å². The fourth-order valence-corrected chi connectivity index (χ4v) is 3.85. The van der Waals surface area contributed by atoms with Gasteiger partial charge in [-0.2, -0.15) is 0 Å². The molecule has 4 rings (SSSR count). The van der Waals surface area contributed by atoms with Crippen molar-refractivity contribution in [2.75, 3.05) is 4.72 Å². The Morgan fingerprint density at radius 1 is 1.00 bits per heavy atom. The maximum Gasteiger partial charge on any atom is 0.263 e. The van der Waals surface area contributed by atoms with Crippen molar-refractivity contribution in [2.24, 2.45) is 0 Å². The van der Waals surface area contributed by atoms with Gasteiger partial charge in [-0.05, 0) is 49.4 Å². The van der Waals surface area contributed by atoms with Crippen LogP contribution in [0.4, 0.5) is 10.2 Å². The number of halogens is 1. The molecule has 0 aliphatic heterocycles. The molecule has 2 heterocycles. The highest BCUT2D eigenvalue weighted by Crippen LogP contribution is 2.27. The minimum Gasteiger partial charge on any atom is -0.470 e. The molecule has 0 aliphatic carbocycles. The predicted octanol–water partition coefficient (Wildman–Crippen LogP) is 4.37. The molecule has 9 heteroatoms. The fraction of sp³-hybridized carbons (Fsp3) is 0.0870. The number of nitrogens with zero attached hydrogens (tertiary/aromatic N) is 3. The number of pyridine rings is 1. The van der Waals surface area contributed by atoms with E-state index < -0.39 is 10.0 Å². The summed E-state index contributed by atoms with van der Waals surface area (Å²) in [7, 11) is -3.91. The monoisotopic (exact) mass is 450 g/mol. The Labute approximate surface area is 185 Å². The number of sulfonamides is 1. The normalized spacial score (nSPS) is 11.2. The van der Waals surface area contributed by atoms with Gasteiger partial charge in [0.05, 0.1) is 16.8 Å². The van der Waals surface area contributed by atoms with Crippen molar-refractivity contribution in [3.05, 3.63) is 96.2 Å². The van der Waals surface area contributed by atoms with Crippen LogP contribution < -0.4 is 9.46 Å². The lowest BCUT2D eigenvalue weighted by Gasteiger charge is -2.13. The zero-order valence-corrected chi connectivity index (χ0v) is 17.9. The molecule has 0 spiro atoms. The van der Waals surface area contributed by atoms with Gasteiger partial charge in [0.25, 0.3) is 15.9 Å². The third kappa shape index (κ3) is 5.06. The molecule has 0 saturated carbocycles. The van der Waals surface area contributed by atoms with Crippen molar-refractivity contribution >= 4 is 15.8 Å². The number of benzene rings is 2. The second-order valence-electron chi connectivity index (χ2n) is 6.98. The first kappa shape index (κ1) is 21.4. The van der Waals surface area contributed by atoms with Crippen molar-refractivity contribution in [3.63, 3.8) is 0 Å². The summed E-state index contributed by atoms with van der Waals surface area (Å²) in [5, 5.41) is 0. The molecule has 0 bridgehead atoms. The van der Waals surface area contributed by atoms with Gasteiger partial charge in [-0.15, -0.1) is 0 Å². The number of anilines is 1. The van der Waals surface area contributed by atoms with Crippen LogP contribution in [0.1, 0.15) is 11.1 Å². The molecule has 7 nitrogen and oxygen atoms in total. The zero-order chi connectivity index (χ0) is 22.6. The third-order valence-corrected chi connectivity index (χ3v) is 5.90. The van der Waals surface area contributed by atoms with Crippen molar-refractivity contribution < 1.29 is 17.5 Å². The summed E-state index contributed by atoms with van der Waals surface area (Å²) in [6.45, 7) is 1.97. The van der Waals surface area contributed by atoms with E-state index in [1.807, 2.05) is 13.0 Å². The Morgan fingerprint density at radius 2 is 1.75 bits per heavy atom. The van der Waals surface area contributed by atoms with Gasteiger partial charge in [0, 0.05) is 23.5 Å². The first-order valence-electron chi connectivity index (χ1n) is 9.65. The van der Waals surface area contributed by atoms with Crippen LogP contribution in [0.15, 0.2) is 84.1 Å². The van der Waals surface area contributed by atoms with E-state index in [1.165, 1.54) is 30.5 Å². The summed E-state index contributed by atoms with van der Waals surface area (Å²) in [5.74, 6) is -0.441. The second-order valence-corrected chi connectivity index (χ2v) is 8.67. The van der Waals surface area contributed by atoms with Gasteiger partial charge >= 0.3 is 0 Å². The average molecular weight is 450 g/mol. The number of ether oxygens (including phenoxy) is 1. The van der Waals surface area contributed by atoms with E-state index in [4.69, 9.17) is 4.74 Å². The zero-order valence-electron chi connectivity index (χ0n) is 17.1. The van der Waals surface area contributed by atoms with Crippen molar-refractivity contribution in [1.29, 1.82) is 0 Å². The molecule has 32 heavy (non-hydrogen) atoms. The summed E-state index contributed by atoms with van der Waals surface area (Å²) < 4.78 is 47.2. The quantitative estimate of drug-likeness (QED) is 0.449. The molecule has 0 atom stereocenters. The first-order valence-corrected chi connectivity index (χ1v) is 11.1. The molecule has 0 fully saturated rings. The Hall–Kier alpha value is -3.85. The molecular formula is C23H19FN4O3S. The van der Waals surface area contributed by atoms with Crippen LogP contribution in [0, 0.1) is 12.7 Å². The van der Waals surface area contributed by atoms with Gasteiger partial charge in [-0.25, -0.2) is 22.8 Å². The fourth-order valence-electron chi connectivity index (χ4n) is 2.84. The summed E-state index contributed by atoms with van der Waals surface area (Å²) in [6.07, 6.45) is 4.67. The smallest absolute Gasteiger partial charge is 0.263 e. The molecule has 2 aromatic carbocycles. The maximum atomic E-state index is 13.3. The van der Waals surface area contributed by atoms with Gasteiger partial charge in [0.15, 0.2) is 0 Å². The number of rotatable bonds is 7. The molecule has 0 radical (unpaired) electrons. The molecular weight excluding hydrogens is 431 g/mol. The van der Waals surface area contributed by atoms with Gasteiger partial charge in [-0.1, -0.05) is 23.8 Å².